The van der Waals surface area contributed by atoms with Crippen molar-refractivity contribution in [3.8, 4) is 11.5 Å². The van der Waals surface area contributed by atoms with Gasteiger partial charge in [-0.05, 0) is 31.2 Å². The van der Waals surface area contributed by atoms with Crippen LogP contribution in [-0.2, 0) is 0 Å². The Hall–Kier alpha value is -2.20. The predicted molar refractivity (Wildman–Crippen MR) is 84.2 cm³/mol. The van der Waals surface area contributed by atoms with Crippen LogP contribution >= 0.6 is 0 Å². The number of hydrogen-bond acceptors (Lipinski definition) is 4. The normalized spacial score (nSPS) is 11.8. The number of rotatable bonds is 6. The first-order valence-corrected chi connectivity index (χ1v) is 6.84. The lowest BCUT2D eigenvalue weighted by Gasteiger charge is -2.17. The third-order valence-electron chi connectivity index (χ3n) is 3.31. The second-order valence-corrected chi connectivity index (χ2v) is 4.87. The second kappa shape index (κ2) is 6.99. The highest BCUT2D eigenvalue weighted by atomic mass is 16.5. The average Bonchev–Trinajstić information content (AvgIpc) is 2.52. The molecule has 0 saturated heterocycles. The minimum Gasteiger partial charge on any atom is -0.497 e. The first-order chi connectivity index (χ1) is 10.1. The van der Waals surface area contributed by atoms with E-state index in [-0.39, 0.29) is 0 Å². The maximum absolute atomic E-state index is 10.4. The third kappa shape index (κ3) is 3.89. The van der Waals surface area contributed by atoms with Gasteiger partial charge in [-0.1, -0.05) is 17.7 Å². The molecule has 2 aromatic carbocycles. The molecule has 4 nitrogen and oxygen atoms in total. The summed E-state index contributed by atoms with van der Waals surface area (Å²) in [7, 11) is 3.24. The highest BCUT2D eigenvalue weighted by Crippen LogP contribution is 2.27. The molecule has 0 amide bonds. The summed E-state index contributed by atoms with van der Waals surface area (Å²) in [6, 6.07) is 13.4. The Morgan fingerprint density at radius 2 is 1.90 bits per heavy atom. The van der Waals surface area contributed by atoms with Crippen molar-refractivity contribution in [3.63, 3.8) is 0 Å². The number of benzene rings is 2. The van der Waals surface area contributed by atoms with Gasteiger partial charge in [0.05, 0.1) is 20.3 Å². The number of anilines is 1. The molecule has 0 saturated carbocycles. The van der Waals surface area contributed by atoms with Gasteiger partial charge in [0.2, 0.25) is 0 Å². The standard InChI is InChI=1S/C17H21NO3/c1-12-7-8-17(21-3)15(9-12)16(19)11-18-13-5-4-6-14(10-13)20-2/h4-10,16,18-19H,11H2,1-3H3. The van der Waals surface area contributed by atoms with Crippen molar-refractivity contribution in [2.75, 3.05) is 26.1 Å². The van der Waals surface area contributed by atoms with Gasteiger partial charge in [0.1, 0.15) is 11.5 Å². The van der Waals surface area contributed by atoms with Crippen LogP contribution < -0.4 is 14.8 Å². The summed E-state index contributed by atoms with van der Waals surface area (Å²) >= 11 is 0. The lowest BCUT2D eigenvalue weighted by molar-refractivity contribution is 0.187. The fraction of sp³-hybridized carbons (Fsp3) is 0.294. The van der Waals surface area contributed by atoms with Gasteiger partial charge in [0.15, 0.2) is 0 Å². The molecule has 0 aromatic heterocycles. The Morgan fingerprint density at radius 3 is 2.62 bits per heavy atom. The van der Waals surface area contributed by atoms with E-state index in [1.54, 1.807) is 14.2 Å². The Labute approximate surface area is 125 Å². The van der Waals surface area contributed by atoms with Crippen molar-refractivity contribution < 1.29 is 14.6 Å². The fourth-order valence-electron chi connectivity index (χ4n) is 2.17. The smallest absolute Gasteiger partial charge is 0.124 e. The first-order valence-electron chi connectivity index (χ1n) is 6.84. The number of hydrogen-bond donors (Lipinski definition) is 2. The molecular formula is C17H21NO3. The Balaban J connectivity index is 2.07. The van der Waals surface area contributed by atoms with Gasteiger partial charge in [-0.25, -0.2) is 0 Å². The van der Waals surface area contributed by atoms with Gasteiger partial charge in [0, 0.05) is 23.9 Å². The van der Waals surface area contributed by atoms with Gasteiger partial charge >= 0.3 is 0 Å². The molecule has 0 aliphatic heterocycles. The minimum atomic E-state index is -0.647. The van der Waals surface area contributed by atoms with Crippen LogP contribution in [-0.4, -0.2) is 25.9 Å². The summed E-state index contributed by atoms with van der Waals surface area (Å²) in [5.41, 5.74) is 2.78. The number of ether oxygens (including phenoxy) is 2. The van der Waals surface area contributed by atoms with E-state index >= 15 is 0 Å². The predicted octanol–water partition coefficient (Wildman–Crippen LogP) is 3.16. The summed E-state index contributed by atoms with van der Waals surface area (Å²) in [6.45, 7) is 2.39. The highest BCUT2D eigenvalue weighted by molar-refractivity contribution is 5.49. The molecule has 0 heterocycles. The van der Waals surface area contributed by atoms with E-state index in [9.17, 15) is 5.11 Å². The van der Waals surface area contributed by atoms with Gasteiger partial charge in [-0.3, -0.25) is 0 Å². The van der Waals surface area contributed by atoms with E-state index in [1.165, 1.54) is 0 Å². The summed E-state index contributed by atoms with van der Waals surface area (Å²) in [6.07, 6.45) is -0.647. The molecule has 0 aliphatic carbocycles. The fourth-order valence-corrected chi connectivity index (χ4v) is 2.17. The van der Waals surface area contributed by atoms with Gasteiger partial charge in [-0.15, -0.1) is 0 Å². The molecule has 2 N–H and O–H groups in total. The lowest BCUT2D eigenvalue weighted by Crippen LogP contribution is -2.13. The van der Waals surface area contributed by atoms with Crippen molar-refractivity contribution >= 4 is 5.69 Å². The summed E-state index contributed by atoms with van der Waals surface area (Å²) < 4.78 is 10.5. The van der Waals surface area contributed by atoms with E-state index in [0.717, 1.165) is 22.6 Å². The van der Waals surface area contributed by atoms with Crippen LogP contribution in [0.3, 0.4) is 0 Å². The van der Waals surface area contributed by atoms with E-state index in [0.29, 0.717) is 12.3 Å². The van der Waals surface area contributed by atoms with Crippen LogP contribution in [0.25, 0.3) is 0 Å². The zero-order valence-corrected chi connectivity index (χ0v) is 12.6. The van der Waals surface area contributed by atoms with Crippen LogP contribution in [0.5, 0.6) is 11.5 Å². The maximum atomic E-state index is 10.4. The van der Waals surface area contributed by atoms with Crippen LogP contribution in [0.2, 0.25) is 0 Å². The molecule has 21 heavy (non-hydrogen) atoms. The highest BCUT2D eigenvalue weighted by Gasteiger charge is 2.13. The van der Waals surface area contributed by atoms with Crippen LogP contribution in [0.1, 0.15) is 17.2 Å². The van der Waals surface area contributed by atoms with Crippen molar-refractivity contribution in [1.29, 1.82) is 0 Å². The van der Waals surface area contributed by atoms with Crippen LogP contribution in [0.15, 0.2) is 42.5 Å². The molecule has 0 radical (unpaired) electrons. The van der Waals surface area contributed by atoms with Crippen molar-refractivity contribution in [3.05, 3.63) is 53.6 Å². The van der Waals surface area contributed by atoms with Crippen LogP contribution in [0, 0.1) is 6.92 Å². The summed E-state index contributed by atoms with van der Waals surface area (Å²) in [5.74, 6) is 1.48. The molecule has 0 spiro atoms. The molecule has 1 atom stereocenters. The SMILES string of the molecule is COc1cccc(NCC(O)c2cc(C)ccc2OC)c1. The summed E-state index contributed by atoms with van der Waals surface area (Å²) in [5, 5.41) is 13.6. The van der Waals surface area contributed by atoms with Crippen molar-refractivity contribution in [2.24, 2.45) is 0 Å². The monoisotopic (exact) mass is 287 g/mol. The van der Waals surface area contributed by atoms with Crippen molar-refractivity contribution in [1.82, 2.24) is 0 Å². The van der Waals surface area contributed by atoms with E-state index in [2.05, 4.69) is 5.32 Å². The molecule has 0 fully saturated rings. The number of methoxy groups -OCH3 is 2. The maximum Gasteiger partial charge on any atom is 0.124 e. The van der Waals surface area contributed by atoms with Crippen molar-refractivity contribution in [2.45, 2.75) is 13.0 Å². The second-order valence-electron chi connectivity index (χ2n) is 4.87. The molecule has 0 aliphatic rings. The first kappa shape index (κ1) is 15.2. The Morgan fingerprint density at radius 1 is 1.10 bits per heavy atom. The summed E-state index contributed by atoms with van der Waals surface area (Å²) in [4.78, 5) is 0. The van der Waals surface area contributed by atoms with Gasteiger partial charge in [0.25, 0.3) is 0 Å². The van der Waals surface area contributed by atoms with Gasteiger partial charge < -0.3 is 19.9 Å². The minimum absolute atomic E-state index is 0.396. The number of aryl methyl sites for hydroxylation is 1. The number of aliphatic hydroxyl groups is 1. The third-order valence-corrected chi connectivity index (χ3v) is 3.31. The van der Waals surface area contributed by atoms with E-state index in [4.69, 9.17) is 9.47 Å². The largest absolute Gasteiger partial charge is 0.497 e. The molecule has 2 rings (SSSR count). The van der Waals surface area contributed by atoms with E-state index in [1.807, 2.05) is 49.4 Å². The molecule has 112 valence electrons. The Kier molecular flexibility index (Phi) is 5.06. The molecule has 2 aromatic rings. The molecule has 4 heteroatoms. The molecular weight excluding hydrogens is 266 g/mol. The molecule has 1 unspecified atom stereocenters. The Bertz CT molecular complexity index is 598. The molecule has 0 bridgehead atoms. The van der Waals surface area contributed by atoms with E-state index < -0.39 is 6.10 Å². The topological polar surface area (TPSA) is 50.7 Å². The lowest BCUT2D eigenvalue weighted by atomic mass is 10.1. The number of nitrogens with one attached hydrogen (secondary N) is 1. The van der Waals surface area contributed by atoms with Gasteiger partial charge in [-0.2, -0.15) is 0 Å². The number of aliphatic hydroxyl groups excluding tert-OH is 1. The quantitative estimate of drug-likeness (QED) is 0.857. The zero-order valence-electron chi connectivity index (χ0n) is 12.6. The average molecular weight is 287 g/mol. The zero-order chi connectivity index (χ0) is 15.2. The van der Waals surface area contributed by atoms with Crippen LogP contribution in [0.4, 0.5) is 5.69 Å².